The number of nitrogens with zero attached hydrogens (tertiary/aromatic N) is 1. The van der Waals surface area contributed by atoms with Crippen LogP contribution in [0, 0.1) is 0 Å². The molecule has 0 aliphatic carbocycles. The van der Waals surface area contributed by atoms with Gasteiger partial charge in [0.05, 0.1) is 0 Å². The van der Waals surface area contributed by atoms with Crippen LogP contribution in [0.4, 0.5) is 5.69 Å². The van der Waals surface area contributed by atoms with Crippen LogP contribution in [0.3, 0.4) is 0 Å². The van der Waals surface area contributed by atoms with Gasteiger partial charge in [0.25, 0.3) is 6.29 Å². The molecule has 2 N–H and O–H groups in total. The van der Waals surface area contributed by atoms with Crippen molar-refractivity contribution in [3.05, 3.63) is 30.3 Å². The van der Waals surface area contributed by atoms with Crippen LogP contribution < -0.4 is 5.59 Å². The Kier molecular flexibility index (Phi) is 2.30. The summed E-state index contributed by atoms with van der Waals surface area (Å²) in [5.74, 6) is 0. The van der Waals surface area contributed by atoms with Crippen molar-refractivity contribution >= 4 is 26.2 Å². The van der Waals surface area contributed by atoms with E-state index in [0.29, 0.717) is 4.62 Å². The van der Waals surface area contributed by atoms with Crippen molar-refractivity contribution in [2.75, 3.05) is 0 Å². The third kappa shape index (κ3) is 1.58. The Balaban J connectivity index is 2.38. The van der Waals surface area contributed by atoms with E-state index in [1.54, 1.807) is 4.68 Å². The summed E-state index contributed by atoms with van der Waals surface area (Å²) in [6, 6.07) is 9.53. The zero-order valence-electron chi connectivity index (χ0n) is 6.64. The number of rotatable bonds is 1. The molecule has 13 heavy (non-hydrogen) atoms. The molecule has 0 fully saturated rings. The lowest BCUT2D eigenvalue weighted by molar-refractivity contribution is -0.553. The lowest BCUT2D eigenvalue weighted by Gasteiger charge is -1.93. The minimum atomic E-state index is -0.944. The highest BCUT2D eigenvalue weighted by Crippen LogP contribution is 2.15. The number of nitrogens with one attached hydrogen (secondary N) is 1. The maximum Gasteiger partial charge on any atom is 0.314 e. The minimum absolute atomic E-state index is 0.540. The molecule has 0 aromatic heterocycles. The van der Waals surface area contributed by atoms with Crippen molar-refractivity contribution in [1.82, 2.24) is 5.59 Å². The van der Waals surface area contributed by atoms with Crippen LogP contribution in [0.5, 0.6) is 0 Å². The van der Waals surface area contributed by atoms with Gasteiger partial charge in [-0.1, -0.05) is 23.8 Å². The predicted molar refractivity (Wildman–Crippen MR) is 50.5 cm³/mol. The number of halogens is 1. The van der Waals surface area contributed by atoms with Gasteiger partial charge in [-0.25, -0.2) is 0 Å². The summed E-state index contributed by atoms with van der Waals surface area (Å²) >= 11 is 3.21. The largest absolute Gasteiger partial charge is 0.357 e. The van der Waals surface area contributed by atoms with Crippen LogP contribution in [0.15, 0.2) is 30.3 Å². The topological polar surface area (TPSA) is 44.5 Å². The standard InChI is InChI=1S/C8H8BrN2O2/c9-7-8(12)13-10-11(7)6-4-2-1-3-5-6/h1-5,8,10,12H/q+1. The molecular weight excluding hydrogens is 236 g/mol. The smallest absolute Gasteiger partial charge is 0.314 e. The first-order chi connectivity index (χ1) is 6.29. The highest BCUT2D eigenvalue weighted by atomic mass is 79.9. The van der Waals surface area contributed by atoms with E-state index >= 15 is 0 Å². The van der Waals surface area contributed by atoms with Gasteiger partial charge in [0.1, 0.15) is 0 Å². The summed E-state index contributed by atoms with van der Waals surface area (Å²) in [5.41, 5.74) is 3.47. The molecule has 1 aromatic rings. The Bertz CT molecular complexity index is 339. The summed E-state index contributed by atoms with van der Waals surface area (Å²) in [6.07, 6.45) is -0.944. The summed E-state index contributed by atoms with van der Waals surface area (Å²) < 4.78 is 2.16. The minimum Gasteiger partial charge on any atom is -0.357 e. The Morgan fingerprint density at radius 3 is 2.62 bits per heavy atom. The monoisotopic (exact) mass is 243 g/mol. The number of benzene rings is 1. The Hall–Kier alpha value is -0.910. The second kappa shape index (κ2) is 3.45. The van der Waals surface area contributed by atoms with Crippen molar-refractivity contribution in [3.63, 3.8) is 0 Å². The van der Waals surface area contributed by atoms with Gasteiger partial charge >= 0.3 is 4.62 Å². The van der Waals surface area contributed by atoms with Crippen molar-refractivity contribution in [1.29, 1.82) is 0 Å². The number of para-hydroxylation sites is 1. The summed E-state index contributed by atoms with van der Waals surface area (Å²) in [7, 11) is 0. The van der Waals surface area contributed by atoms with E-state index in [4.69, 9.17) is 4.84 Å². The molecule has 0 radical (unpaired) electrons. The average Bonchev–Trinajstić information content (AvgIpc) is 2.49. The fourth-order valence-corrected chi connectivity index (χ4v) is 1.43. The first kappa shape index (κ1) is 8.68. The molecule has 5 heteroatoms. The number of hydrazine groups is 1. The third-order valence-electron chi connectivity index (χ3n) is 1.69. The average molecular weight is 244 g/mol. The molecular formula is C8H8BrN2O2+. The Morgan fingerprint density at radius 2 is 2.08 bits per heavy atom. The zero-order chi connectivity index (χ0) is 9.26. The maximum absolute atomic E-state index is 9.22. The SMILES string of the molecule is OC1ON[N+](c2ccccc2)=C1Br. The number of aliphatic hydroxyl groups excluding tert-OH is 1. The van der Waals surface area contributed by atoms with E-state index in [2.05, 4.69) is 21.5 Å². The second-order valence-corrected chi connectivity index (χ2v) is 3.37. The van der Waals surface area contributed by atoms with Crippen LogP contribution in [-0.4, -0.2) is 20.7 Å². The lowest BCUT2D eigenvalue weighted by atomic mass is 10.3. The third-order valence-corrected chi connectivity index (χ3v) is 2.43. The molecule has 1 aliphatic rings. The number of hydrogen-bond acceptors (Lipinski definition) is 3. The van der Waals surface area contributed by atoms with Gasteiger partial charge < -0.3 is 5.11 Å². The zero-order valence-corrected chi connectivity index (χ0v) is 8.23. The van der Waals surface area contributed by atoms with E-state index < -0.39 is 6.29 Å². The van der Waals surface area contributed by atoms with E-state index in [1.165, 1.54) is 0 Å². The van der Waals surface area contributed by atoms with Crippen LogP contribution in [-0.2, 0) is 4.84 Å². The summed E-state index contributed by atoms with van der Waals surface area (Å²) in [4.78, 5) is 4.78. The number of hydrazone groups is 1. The first-order valence-corrected chi connectivity index (χ1v) is 4.55. The fraction of sp³-hybridized carbons (Fsp3) is 0.125. The first-order valence-electron chi connectivity index (χ1n) is 3.76. The molecule has 4 nitrogen and oxygen atoms in total. The normalized spacial score (nSPS) is 21.8. The van der Waals surface area contributed by atoms with E-state index in [0.717, 1.165) is 5.69 Å². The Labute approximate surface area is 83.5 Å². The van der Waals surface area contributed by atoms with Gasteiger partial charge in [-0.3, -0.25) is 0 Å². The molecule has 0 saturated carbocycles. The van der Waals surface area contributed by atoms with Crippen molar-refractivity contribution in [2.24, 2.45) is 0 Å². The Morgan fingerprint density at radius 1 is 1.38 bits per heavy atom. The van der Waals surface area contributed by atoms with Gasteiger partial charge in [-0.2, -0.15) is 4.84 Å². The summed E-state index contributed by atoms with van der Waals surface area (Å²) in [5, 5.41) is 9.22. The van der Waals surface area contributed by atoms with Crippen molar-refractivity contribution in [2.45, 2.75) is 6.29 Å². The molecule has 0 amide bonds. The van der Waals surface area contributed by atoms with Gasteiger partial charge in [-0.05, 0) is 4.68 Å². The number of hydrogen-bond donors (Lipinski definition) is 2. The van der Waals surface area contributed by atoms with Crippen LogP contribution in [0.2, 0.25) is 0 Å². The molecule has 1 heterocycles. The summed E-state index contributed by atoms with van der Waals surface area (Å²) in [6.45, 7) is 0. The van der Waals surface area contributed by atoms with Gasteiger partial charge in [0.15, 0.2) is 0 Å². The molecule has 0 bridgehead atoms. The molecule has 1 aliphatic heterocycles. The van der Waals surface area contributed by atoms with Crippen LogP contribution in [0.1, 0.15) is 0 Å². The second-order valence-electron chi connectivity index (χ2n) is 2.56. The van der Waals surface area contributed by atoms with Crippen LogP contribution >= 0.6 is 15.9 Å². The van der Waals surface area contributed by atoms with E-state index in [1.807, 2.05) is 30.3 Å². The molecule has 0 spiro atoms. The molecule has 2 rings (SSSR count). The van der Waals surface area contributed by atoms with Gasteiger partial charge in [0, 0.05) is 28.1 Å². The maximum atomic E-state index is 9.22. The number of aliphatic hydroxyl groups is 1. The van der Waals surface area contributed by atoms with Crippen LogP contribution in [0.25, 0.3) is 0 Å². The van der Waals surface area contributed by atoms with Gasteiger partial charge in [0.2, 0.25) is 5.69 Å². The molecule has 68 valence electrons. The lowest BCUT2D eigenvalue weighted by Crippen LogP contribution is -2.18. The molecule has 0 saturated heterocycles. The molecule has 1 atom stereocenters. The fourth-order valence-electron chi connectivity index (χ4n) is 1.06. The predicted octanol–water partition coefficient (Wildman–Crippen LogP) is 0.892. The van der Waals surface area contributed by atoms with Crippen molar-refractivity contribution < 1.29 is 14.6 Å². The highest BCUT2D eigenvalue weighted by Gasteiger charge is 2.32. The molecule has 1 aromatic carbocycles. The van der Waals surface area contributed by atoms with Crippen molar-refractivity contribution in [3.8, 4) is 0 Å². The highest BCUT2D eigenvalue weighted by molar-refractivity contribution is 9.18. The molecule has 1 unspecified atom stereocenters. The van der Waals surface area contributed by atoms with E-state index in [-0.39, 0.29) is 0 Å². The quantitative estimate of drug-likeness (QED) is 0.721. The van der Waals surface area contributed by atoms with Gasteiger partial charge in [-0.15, -0.1) is 0 Å². The van der Waals surface area contributed by atoms with E-state index in [9.17, 15) is 5.11 Å².